The summed E-state index contributed by atoms with van der Waals surface area (Å²) in [6, 6.07) is 0.273. The van der Waals surface area contributed by atoms with Gasteiger partial charge in [0.2, 0.25) is 0 Å². The SMILES string of the molecule is CC1CC2(CCO1)C(=N)NC(=O)N2C1CC1. The lowest BCUT2D eigenvalue weighted by Gasteiger charge is -2.42. The number of ether oxygens (including phenoxy) is 1. The number of rotatable bonds is 1. The van der Waals surface area contributed by atoms with E-state index in [1.54, 1.807) is 0 Å². The lowest BCUT2D eigenvalue weighted by molar-refractivity contribution is -0.0244. The maximum atomic E-state index is 11.9. The number of urea groups is 1. The third-order valence-electron chi connectivity index (χ3n) is 3.83. The zero-order chi connectivity index (χ0) is 11.3. The van der Waals surface area contributed by atoms with Crippen molar-refractivity contribution in [1.29, 1.82) is 5.41 Å². The first-order valence-corrected chi connectivity index (χ1v) is 5.94. The van der Waals surface area contributed by atoms with Gasteiger partial charge in [0.05, 0.1) is 6.10 Å². The highest BCUT2D eigenvalue weighted by Gasteiger charge is 2.56. The Labute approximate surface area is 94.6 Å². The van der Waals surface area contributed by atoms with Gasteiger partial charge < -0.3 is 9.64 Å². The van der Waals surface area contributed by atoms with Crippen LogP contribution in [0.2, 0.25) is 0 Å². The summed E-state index contributed by atoms with van der Waals surface area (Å²) in [7, 11) is 0. The summed E-state index contributed by atoms with van der Waals surface area (Å²) in [5.74, 6) is 0.375. The average molecular weight is 223 g/mol. The highest BCUT2D eigenvalue weighted by molar-refractivity contribution is 6.08. The Kier molecular flexibility index (Phi) is 2.01. The van der Waals surface area contributed by atoms with Gasteiger partial charge in [-0.1, -0.05) is 0 Å². The number of carbonyl (C=O) groups is 1. The van der Waals surface area contributed by atoms with Gasteiger partial charge in [-0.2, -0.15) is 0 Å². The van der Waals surface area contributed by atoms with Crippen LogP contribution >= 0.6 is 0 Å². The predicted molar refractivity (Wildman–Crippen MR) is 58.5 cm³/mol. The van der Waals surface area contributed by atoms with Crippen LogP contribution in [0.3, 0.4) is 0 Å². The van der Waals surface area contributed by atoms with Gasteiger partial charge in [-0.3, -0.25) is 10.7 Å². The normalized spacial score (nSPS) is 39.3. The molecule has 0 aromatic rings. The third kappa shape index (κ3) is 1.27. The van der Waals surface area contributed by atoms with E-state index in [-0.39, 0.29) is 12.1 Å². The lowest BCUT2D eigenvalue weighted by atomic mass is 9.85. The van der Waals surface area contributed by atoms with Crippen LogP contribution in [0.25, 0.3) is 0 Å². The first-order chi connectivity index (χ1) is 7.63. The van der Waals surface area contributed by atoms with E-state index < -0.39 is 5.54 Å². The number of carbonyl (C=O) groups excluding carboxylic acids is 1. The van der Waals surface area contributed by atoms with Crippen molar-refractivity contribution in [2.75, 3.05) is 6.61 Å². The minimum absolute atomic E-state index is 0.0819. The minimum Gasteiger partial charge on any atom is -0.378 e. The van der Waals surface area contributed by atoms with E-state index >= 15 is 0 Å². The maximum absolute atomic E-state index is 11.9. The Morgan fingerprint density at radius 3 is 2.94 bits per heavy atom. The fraction of sp³-hybridized carbons (Fsp3) is 0.818. The van der Waals surface area contributed by atoms with Gasteiger partial charge in [0, 0.05) is 25.5 Å². The van der Waals surface area contributed by atoms with E-state index in [0.29, 0.717) is 18.5 Å². The summed E-state index contributed by atoms with van der Waals surface area (Å²) in [6.45, 7) is 2.66. The molecule has 2 aliphatic heterocycles. The number of nitrogens with one attached hydrogen (secondary N) is 2. The highest BCUT2D eigenvalue weighted by Crippen LogP contribution is 2.42. The molecule has 3 aliphatic rings. The molecule has 0 bridgehead atoms. The number of nitrogens with zero attached hydrogens (tertiary/aromatic N) is 1. The molecule has 88 valence electrons. The van der Waals surface area contributed by atoms with E-state index in [4.69, 9.17) is 10.1 Å². The van der Waals surface area contributed by atoms with Crippen LogP contribution in [-0.2, 0) is 4.74 Å². The largest absolute Gasteiger partial charge is 0.378 e. The number of amides is 2. The molecule has 2 atom stereocenters. The van der Waals surface area contributed by atoms with Crippen molar-refractivity contribution in [3.05, 3.63) is 0 Å². The molecule has 2 unspecified atom stereocenters. The van der Waals surface area contributed by atoms with Crippen LogP contribution in [0.5, 0.6) is 0 Å². The van der Waals surface area contributed by atoms with Gasteiger partial charge in [0.1, 0.15) is 11.4 Å². The first kappa shape index (κ1) is 10.1. The Hall–Kier alpha value is -1.10. The summed E-state index contributed by atoms with van der Waals surface area (Å²) in [6.07, 6.45) is 3.80. The van der Waals surface area contributed by atoms with Gasteiger partial charge in [-0.25, -0.2) is 4.79 Å². The molecular weight excluding hydrogens is 206 g/mol. The lowest BCUT2D eigenvalue weighted by Crippen LogP contribution is -2.55. The molecule has 2 amide bonds. The van der Waals surface area contributed by atoms with Crippen molar-refractivity contribution in [2.45, 2.75) is 50.3 Å². The number of hydrogen-bond acceptors (Lipinski definition) is 3. The van der Waals surface area contributed by atoms with E-state index in [9.17, 15) is 4.79 Å². The Morgan fingerprint density at radius 1 is 1.56 bits per heavy atom. The first-order valence-electron chi connectivity index (χ1n) is 5.94. The summed E-state index contributed by atoms with van der Waals surface area (Å²) >= 11 is 0. The maximum Gasteiger partial charge on any atom is 0.323 e. The van der Waals surface area contributed by atoms with Crippen molar-refractivity contribution in [3.63, 3.8) is 0 Å². The van der Waals surface area contributed by atoms with Gasteiger partial charge >= 0.3 is 6.03 Å². The molecule has 5 heteroatoms. The van der Waals surface area contributed by atoms with Crippen LogP contribution in [0.1, 0.15) is 32.6 Å². The smallest absolute Gasteiger partial charge is 0.323 e. The minimum atomic E-state index is -0.393. The van der Waals surface area contributed by atoms with E-state index in [1.807, 2.05) is 11.8 Å². The number of amidine groups is 1. The van der Waals surface area contributed by atoms with E-state index in [1.165, 1.54) is 0 Å². The second kappa shape index (κ2) is 3.20. The predicted octanol–water partition coefficient (Wildman–Crippen LogP) is 1.09. The third-order valence-corrected chi connectivity index (χ3v) is 3.83. The Balaban J connectivity index is 1.94. The van der Waals surface area contributed by atoms with Crippen molar-refractivity contribution >= 4 is 11.9 Å². The quantitative estimate of drug-likeness (QED) is 0.698. The molecule has 1 saturated carbocycles. The second-order valence-corrected chi connectivity index (χ2v) is 5.07. The molecule has 0 aromatic heterocycles. The van der Waals surface area contributed by atoms with Crippen molar-refractivity contribution in [2.24, 2.45) is 0 Å². The zero-order valence-corrected chi connectivity index (χ0v) is 9.45. The van der Waals surface area contributed by atoms with Gasteiger partial charge in [0.25, 0.3) is 0 Å². The second-order valence-electron chi connectivity index (χ2n) is 5.07. The Bertz CT molecular complexity index is 353. The van der Waals surface area contributed by atoms with Gasteiger partial charge in [-0.15, -0.1) is 0 Å². The standard InChI is InChI=1S/C11H17N3O2/c1-7-6-11(4-5-16-7)9(12)13-10(15)14(11)8-2-3-8/h7-8H,2-6H2,1H3,(H2,12,13,15). The monoisotopic (exact) mass is 223 g/mol. The zero-order valence-electron chi connectivity index (χ0n) is 9.45. The van der Waals surface area contributed by atoms with Crippen molar-refractivity contribution in [3.8, 4) is 0 Å². The molecule has 5 nitrogen and oxygen atoms in total. The molecule has 2 saturated heterocycles. The molecule has 16 heavy (non-hydrogen) atoms. The summed E-state index contributed by atoms with van der Waals surface area (Å²) in [5, 5.41) is 10.7. The molecule has 3 rings (SSSR count). The highest BCUT2D eigenvalue weighted by atomic mass is 16.5. The van der Waals surface area contributed by atoms with Crippen LogP contribution < -0.4 is 5.32 Å². The number of hydrogen-bond donors (Lipinski definition) is 2. The summed E-state index contributed by atoms with van der Waals surface area (Å²) in [5.41, 5.74) is -0.393. The fourth-order valence-electron chi connectivity index (χ4n) is 2.96. The molecule has 1 spiro atoms. The molecule has 1 aliphatic carbocycles. The average Bonchev–Trinajstić information content (AvgIpc) is 2.98. The van der Waals surface area contributed by atoms with Crippen LogP contribution in [0.4, 0.5) is 4.79 Å². The molecule has 0 radical (unpaired) electrons. The molecule has 2 heterocycles. The Morgan fingerprint density at radius 2 is 2.31 bits per heavy atom. The van der Waals surface area contributed by atoms with Crippen LogP contribution in [0.15, 0.2) is 0 Å². The topological polar surface area (TPSA) is 65.4 Å². The molecule has 0 aromatic carbocycles. The van der Waals surface area contributed by atoms with Crippen molar-refractivity contribution < 1.29 is 9.53 Å². The fourth-order valence-corrected chi connectivity index (χ4v) is 2.96. The summed E-state index contributed by atoms with van der Waals surface area (Å²) < 4.78 is 5.53. The van der Waals surface area contributed by atoms with Gasteiger partial charge in [-0.05, 0) is 19.8 Å². The van der Waals surface area contributed by atoms with Crippen LogP contribution in [0, 0.1) is 5.41 Å². The van der Waals surface area contributed by atoms with Gasteiger partial charge in [0.15, 0.2) is 0 Å². The summed E-state index contributed by atoms with van der Waals surface area (Å²) in [4.78, 5) is 13.8. The van der Waals surface area contributed by atoms with E-state index in [2.05, 4.69) is 5.32 Å². The molecular formula is C11H17N3O2. The molecule has 2 N–H and O–H groups in total. The molecule has 3 fully saturated rings. The van der Waals surface area contributed by atoms with Crippen molar-refractivity contribution in [1.82, 2.24) is 10.2 Å². The van der Waals surface area contributed by atoms with E-state index in [0.717, 1.165) is 25.7 Å². The van der Waals surface area contributed by atoms with Crippen LogP contribution in [-0.4, -0.2) is 41.1 Å².